The second-order valence-electron chi connectivity index (χ2n) is 8.83. The molecule has 0 amide bonds. The number of pyridine rings is 1. The maximum Gasteiger partial charge on any atom is 0.137 e. The zero-order valence-corrected chi connectivity index (χ0v) is 17.3. The van der Waals surface area contributed by atoms with E-state index in [4.69, 9.17) is 0 Å². The second-order valence-corrected chi connectivity index (χ2v) is 8.83. The van der Waals surface area contributed by atoms with E-state index in [1.807, 2.05) is 6.20 Å². The molecule has 2 aromatic rings. The molecular formula is C21H34N6. The van der Waals surface area contributed by atoms with Crippen LogP contribution in [0, 0.1) is 5.41 Å². The van der Waals surface area contributed by atoms with Gasteiger partial charge in [-0.1, -0.05) is 13.8 Å². The van der Waals surface area contributed by atoms with E-state index in [0.717, 1.165) is 42.0 Å². The van der Waals surface area contributed by atoms with Crippen LogP contribution < -0.4 is 10.6 Å². The lowest BCUT2D eigenvalue weighted by Crippen LogP contribution is -2.30. The van der Waals surface area contributed by atoms with Crippen molar-refractivity contribution in [2.75, 3.05) is 37.8 Å². The fourth-order valence-electron chi connectivity index (χ4n) is 3.68. The molecule has 0 spiro atoms. The van der Waals surface area contributed by atoms with Crippen molar-refractivity contribution in [1.29, 1.82) is 0 Å². The third kappa shape index (κ3) is 5.76. The van der Waals surface area contributed by atoms with Crippen LogP contribution in [-0.4, -0.2) is 53.1 Å². The van der Waals surface area contributed by atoms with Crippen molar-refractivity contribution in [3.8, 4) is 0 Å². The number of aromatic nitrogens is 3. The van der Waals surface area contributed by atoms with Gasteiger partial charge in [0.25, 0.3) is 0 Å². The smallest absolute Gasteiger partial charge is 0.137 e. The van der Waals surface area contributed by atoms with Crippen molar-refractivity contribution in [3.63, 3.8) is 0 Å². The Hall–Kier alpha value is -1.95. The van der Waals surface area contributed by atoms with E-state index in [0.29, 0.717) is 11.5 Å². The molecule has 0 bridgehead atoms. The summed E-state index contributed by atoms with van der Waals surface area (Å²) in [5, 5.41) is 8.15. The molecule has 0 radical (unpaired) electrons. The van der Waals surface area contributed by atoms with Crippen molar-refractivity contribution in [2.45, 2.75) is 58.4 Å². The van der Waals surface area contributed by atoms with Gasteiger partial charge < -0.3 is 15.5 Å². The first-order valence-corrected chi connectivity index (χ1v) is 10.2. The zero-order chi connectivity index (χ0) is 19.3. The van der Waals surface area contributed by atoms with Gasteiger partial charge in [0.1, 0.15) is 18.0 Å². The molecule has 1 aliphatic rings. The van der Waals surface area contributed by atoms with Crippen LogP contribution in [-0.2, 0) is 0 Å². The van der Waals surface area contributed by atoms with Crippen LogP contribution in [0.4, 0.5) is 11.6 Å². The van der Waals surface area contributed by atoms with Gasteiger partial charge in [0.05, 0.1) is 11.7 Å². The number of hydrogen-bond donors (Lipinski definition) is 2. The molecule has 1 aliphatic carbocycles. The van der Waals surface area contributed by atoms with E-state index in [1.165, 1.54) is 32.1 Å². The molecule has 6 heteroatoms. The molecule has 2 N–H and O–H groups in total. The normalized spacial score (nSPS) is 17.4. The molecular weight excluding hydrogens is 336 g/mol. The van der Waals surface area contributed by atoms with Crippen LogP contribution in [0.1, 0.15) is 52.4 Å². The number of nitrogens with one attached hydrogen (secondary N) is 2. The monoisotopic (exact) mass is 370 g/mol. The Morgan fingerprint density at radius 3 is 2.63 bits per heavy atom. The lowest BCUT2D eigenvalue weighted by molar-refractivity contribution is 0.232. The second kappa shape index (κ2) is 8.83. The topological polar surface area (TPSA) is 66.0 Å². The highest BCUT2D eigenvalue weighted by molar-refractivity contribution is 5.90. The maximum atomic E-state index is 4.52. The predicted octanol–water partition coefficient (Wildman–Crippen LogP) is 4.16. The van der Waals surface area contributed by atoms with Crippen molar-refractivity contribution >= 4 is 22.5 Å². The summed E-state index contributed by atoms with van der Waals surface area (Å²) in [7, 11) is 4.22. The van der Waals surface area contributed by atoms with Crippen LogP contribution in [0.2, 0.25) is 0 Å². The number of rotatable bonds is 8. The van der Waals surface area contributed by atoms with Gasteiger partial charge in [-0.3, -0.25) is 0 Å². The van der Waals surface area contributed by atoms with Crippen molar-refractivity contribution < 1.29 is 0 Å². The Morgan fingerprint density at radius 2 is 1.89 bits per heavy atom. The van der Waals surface area contributed by atoms with Crippen molar-refractivity contribution in [3.05, 3.63) is 18.6 Å². The van der Waals surface area contributed by atoms with Gasteiger partial charge in [-0.05, 0) is 70.6 Å². The molecule has 2 aromatic heterocycles. The lowest BCUT2D eigenvalue weighted by atomic mass is 9.75. The number of nitrogens with zero attached hydrogens (tertiary/aromatic N) is 4. The summed E-state index contributed by atoms with van der Waals surface area (Å²) < 4.78 is 0. The van der Waals surface area contributed by atoms with Gasteiger partial charge >= 0.3 is 0 Å². The molecule has 0 aliphatic heterocycles. The van der Waals surface area contributed by atoms with Crippen molar-refractivity contribution in [1.82, 2.24) is 19.9 Å². The number of anilines is 2. The Kier molecular flexibility index (Phi) is 6.47. The summed E-state index contributed by atoms with van der Waals surface area (Å²) in [6, 6.07) is 2.57. The van der Waals surface area contributed by atoms with E-state index in [2.05, 4.69) is 64.5 Å². The first-order valence-electron chi connectivity index (χ1n) is 10.2. The first kappa shape index (κ1) is 19.8. The van der Waals surface area contributed by atoms with Gasteiger partial charge in [-0.2, -0.15) is 0 Å². The van der Waals surface area contributed by atoms with E-state index in [-0.39, 0.29) is 0 Å². The number of hydrogen-bond acceptors (Lipinski definition) is 6. The molecule has 1 saturated carbocycles. The molecule has 6 nitrogen and oxygen atoms in total. The minimum absolute atomic E-state index is 0.472. The Balaban J connectivity index is 1.63. The zero-order valence-electron chi connectivity index (χ0n) is 17.3. The summed E-state index contributed by atoms with van der Waals surface area (Å²) in [5.41, 5.74) is 1.36. The molecule has 0 unspecified atom stereocenters. The van der Waals surface area contributed by atoms with E-state index in [1.54, 1.807) is 6.33 Å². The quantitative estimate of drug-likeness (QED) is 0.680. The van der Waals surface area contributed by atoms with E-state index in [9.17, 15) is 0 Å². The van der Waals surface area contributed by atoms with E-state index >= 15 is 0 Å². The average Bonchev–Trinajstić information content (AvgIpc) is 2.63. The minimum atomic E-state index is 0.472. The Labute approximate surface area is 163 Å². The highest BCUT2D eigenvalue weighted by Crippen LogP contribution is 2.36. The first-order chi connectivity index (χ1) is 12.9. The van der Waals surface area contributed by atoms with Gasteiger partial charge in [-0.25, -0.2) is 15.0 Å². The van der Waals surface area contributed by atoms with Crippen LogP contribution in [0.15, 0.2) is 18.6 Å². The molecule has 0 aromatic carbocycles. The van der Waals surface area contributed by atoms with Crippen LogP contribution in [0.3, 0.4) is 0 Å². The highest BCUT2D eigenvalue weighted by Gasteiger charge is 2.27. The molecule has 1 fully saturated rings. The summed E-state index contributed by atoms with van der Waals surface area (Å²) in [4.78, 5) is 15.6. The SMILES string of the molecule is CN(C)CCCCNc1cc2c(NC3CCC(C)(C)CC3)ncnc2cn1. The number of fused-ring (bicyclic) bond motifs is 1. The summed E-state index contributed by atoms with van der Waals surface area (Å²) in [6.45, 7) is 6.78. The van der Waals surface area contributed by atoms with Crippen LogP contribution >= 0.6 is 0 Å². The molecule has 0 atom stereocenters. The van der Waals surface area contributed by atoms with Crippen LogP contribution in [0.5, 0.6) is 0 Å². The molecule has 27 heavy (non-hydrogen) atoms. The Bertz CT molecular complexity index is 733. The largest absolute Gasteiger partial charge is 0.370 e. The predicted molar refractivity (Wildman–Crippen MR) is 113 cm³/mol. The molecule has 2 heterocycles. The van der Waals surface area contributed by atoms with Gasteiger partial charge in [0, 0.05) is 18.0 Å². The third-order valence-corrected chi connectivity index (χ3v) is 5.54. The standard InChI is InChI=1S/C21H34N6/c1-21(2)9-7-16(8-10-21)26-20-17-13-19(22-11-5-6-12-27(3)4)23-14-18(17)24-15-25-20/h13-16H,5-12H2,1-4H3,(H,22,23)(H,24,25,26). The summed E-state index contributed by atoms with van der Waals surface area (Å²) in [5.74, 6) is 1.83. The van der Waals surface area contributed by atoms with Crippen LogP contribution in [0.25, 0.3) is 10.9 Å². The summed E-state index contributed by atoms with van der Waals surface area (Å²) in [6.07, 6.45) is 10.7. The van der Waals surface area contributed by atoms with Gasteiger partial charge in [-0.15, -0.1) is 0 Å². The molecule has 3 rings (SSSR count). The Morgan fingerprint density at radius 1 is 1.11 bits per heavy atom. The fraction of sp³-hybridized carbons (Fsp3) is 0.667. The van der Waals surface area contributed by atoms with Gasteiger partial charge in [0.2, 0.25) is 0 Å². The third-order valence-electron chi connectivity index (χ3n) is 5.54. The summed E-state index contributed by atoms with van der Waals surface area (Å²) >= 11 is 0. The number of unbranched alkanes of at least 4 members (excludes halogenated alkanes) is 1. The fourth-order valence-corrected chi connectivity index (χ4v) is 3.68. The van der Waals surface area contributed by atoms with E-state index < -0.39 is 0 Å². The minimum Gasteiger partial charge on any atom is -0.370 e. The molecule has 148 valence electrons. The average molecular weight is 371 g/mol. The van der Waals surface area contributed by atoms with Gasteiger partial charge in [0.15, 0.2) is 0 Å². The molecule has 0 saturated heterocycles. The highest BCUT2D eigenvalue weighted by atomic mass is 15.1. The lowest BCUT2D eigenvalue weighted by Gasteiger charge is -2.34. The van der Waals surface area contributed by atoms with Crippen molar-refractivity contribution in [2.24, 2.45) is 5.41 Å². The maximum absolute atomic E-state index is 4.52.